The smallest absolute Gasteiger partial charge is 0.261 e. The quantitative estimate of drug-likeness (QED) is 0.652. The van der Waals surface area contributed by atoms with Crippen molar-refractivity contribution in [2.45, 2.75) is 13.5 Å². The Morgan fingerprint density at radius 1 is 1.21 bits per heavy atom. The Balaban J connectivity index is 1.60. The zero-order chi connectivity index (χ0) is 20.4. The van der Waals surface area contributed by atoms with E-state index >= 15 is 0 Å². The average molecular weight is 457 g/mol. The molecule has 0 spiro atoms. The maximum absolute atomic E-state index is 12.8. The molecule has 1 fully saturated rings. The Labute approximate surface area is 176 Å². The van der Waals surface area contributed by atoms with Crippen LogP contribution in [0.3, 0.4) is 0 Å². The molecule has 3 aromatic rings. The van der Waals surface area contributed by atoms with E-state index in [0.29, 0.717) is 35.6 Å². The number of morpholine rings is 1. The standard InChI is InChI=1S/C21H21BrN4O3/c1-14-23-17-5-3-2-4-16(17)21(28)26(14)13-20(27)24-18-12-15(22)6-7-19(18)25-8-10-29-11-9-25/h2-7,12H,8-11,13H2,1H3,(H,24,27). The van der Waals surface area contributed by atoms with Crippen molar-refractivity contribution in [3.05, 3.63) is 63.1 Å². The van der Waals surface area contributed by atoms with Crippen molar-refractivity contribution in [1.29, 1.82) is 0 Å². The normalized spacial score (nSPS) is 14.2. The lowest BCUT2D eigenvalue weighted by Gasteiger charge is -2.30. The molecule has 2 heterocycles. The Morgan fingerprint density at radius 2 is 1.97 bits per heavy atom. The van der Waals surface area contributed by atoms with Gasteiger partial charge in [0.05, 0.1) is 35.5 Å². The molecule has 0 bridgehead atoms. The number of nitrogens with zero attached hydrogens (tertiary/aromatic N) is 3. The van der Waals surface area contributed by atoms with E-state index in [4.69, 9.17) is 4.74 Å². The summed E-state index contributed by atoms with van der Waals surface area (Å²) in [6.45, 7) is 4.47. The Bertz CT molecular complexity index is 1120. The van der Waals surface area contributed by atoms with Gasteiger partial charge in [0, 0.05) is 17.6 Å². The number of hydrogen-bond acceptors (Lipinski definition) is 5. The Hall–Kier alpha value is -2.71. The summed E-state index contributed by atoms with van der Waals surface area (Å²) in [6.07, 6.45) is 0. The van der Waals surface area contributed by atoms with E-state index in [0.717, 1.165) is 23.2 Å². The molecule has 1 aliphatic rings. The first-order chi connectivity index (χ1) is 14.0. The predicted molar refractivity (Wildman–Crippen MR) is 117 cm³/mol. The van der Waals surface area contributed by atoms with Crippen LogP contribution < -0.4 is 15.8 Å². The topological polar surface area (TPSA) is 76.5 Å². The number of carbonyl (C=O) groups is 1. The van der Waals surface area contributed by atoms with Gasteiger partial charge in [-0.1, -0.05) is 28.1 Å². The first-order valence-corrected chi connectivity index (χ1v) is 10.2. The lowest BCUT2D eigenvalue weighted by atomic mass is 10.2. The molecule has 2 aromatic carbocycles. The van der Waals surface area contributed by atoms with Crippen molar-refractivity contribution in [2.24, 2.45) is 0 Å². The third-order valence-corrected chi connectivity index (χ3v) is 5.43. The van der Waals surface area contributed by atoms with Crippen molar-refractivity contribution < 1.29 is 9.53 Å². The number of nitrogens with one attached hydrogen (secondary N) is 1. The average Bonchev–Trinajstić information content (AvgIpc) is 2.72. The Kier molecular flexibility index (Phi) is 5.64. The highest BCUT2D eigenvalue weighted by molar-refractivity contribution is 9.10. The molecule has 8 heteroatoms. The van der Waals surface area contributed by atoms with Crippen molar-refractivity contribution in [3.63, 3.8) is 0 Å². The van der Waals surface area contributed by atoms with Gasteiger partial charge in [0.15, 0.2) is 0 Å². The number of aromatic nitrogens is 2. The summed E-state index contributed by atoms with van der Waals surface area (Å²) in [5.74, 6) is 0.228. The summed E-state index contributed by atoms with van der Waals surface area (Å²) in [5.41, 5.74) is 2.05. The second-order valence-corrected chi connectivity index (χ2v) is 7.79. The number of rotatable bonds is 4. The van der Waals surface area contributed by atoms with Crippen LogP contribution in [-0.2, 0) is 16.1 Å². The SMILES string of the molecule is Cc1nc2ccccc2c(=O)n1CC(=O)Nc1cc(Br)ccc1N1CCOCC1. The van der Waals surface area contributed by atoms with Gasteiger partial charge in [0.1, 0.15) is 12.4 Å². The number of anilines is 2. The van der Waals surface area contributed by atoms with Crippen LogP contribution in [0.1, 0.15) is 5.82 Å². The molecule has 0 saturated carbocycles. The number of fused-ring (bicyclic) bond motifs is 1. The van der Waals surface area contributed by atoms with E-state index in [1.54, 1.807) is 25.1 Å². The molecule has 1 saturated heterocycles. The summed E-state index contributed by atoms with van der Waals surface area (Å²) >= 11 is 3.47. The monoisotopic (exact) mass is 456 g/mol. The summed E-state index contributed by atoms with van der Waals surface area (Å²) < 4.78 is 7.70. The lowest BCUT2D eigenvalue weighted by Crippen LogP contribution is -2.37. The molecule has 0 unspecified atom stereocenters. The number of ether oxygens (including phenoxy) is 1. The number of amides is 1. The van der Waals surface area contributed by atoms with Gasteiger partial charge in [0.2, 0.25) is 5.91 Å². The molecular formula is C21H21BrN4O3. The van der Waals surface area contributed by atoms with Crippen LogP contribution in [-0.4, -0.2) is 41.8 Å². The van der Waals surface area contributed by atoms with Crippen LogP contribution >= 0.6 is 15.9 Å². The van der Waals surface area contributed by atoms with Crippen molar-refractivity contribution in [1.82, 2.24) is 9.55 Å². The first kappa shape index (κ1) is 19.6. The summed E-state index contributed by atoms with van der Waals surface area (Å²) in [7, 11) is 0. The van der Waals surface area contributed by atoms with Gasteiger partial charge in [-0.15, -0.1) is 0 Å². The van der Waals surface area contributed by atoms with E-state index in [2.05, 4.69) is 31.1 Å². The molecule has 1 aromatic heterocycles. The fourth-order valence-electron chi connectivity index (χ4n) is 3.49. The highest BCUT2D eigenvalue weighted by atomic mass is 79.9. The molecule has 1 amide bonds. The third-order valence-electron chi connectivity index (χ3n) is 4.94. The maximum atomic E-state index is 12.8. The lowest BCUT2D eigenvalue weighted by molar-refractivity contribution is -0.116. The minimum Gasteiger partial charge on any atom is -0.378 e. The van der Waals surface area contributed by atoms with Gasteiger partial charge >= 0.3 is 0 Å². The summed E-state index contributed by atoms with van der Waals surface area (Å²) in [5, 5.41) is 3.46. The molecule has 7 nitrogen and oxygen atoms in total. The highest BCUT2D eigenvalue weighted by Gasteiger charge is 2.18. The van der Waals surface area contributed by atoms with E-state index in [-0.39, 0.29) is 18.0 Å². The van der Waals surface area contributed by atoms with Crippen LogP contribution in [0, 0.1) is 6.92 Å². The number of halogens is 1. The van der Waals surface area contributed by atoms with Crippen LogP contribution in [0.5, 0.6) is 0 Å². The first-order valence-electron chi connectivity index (χ1n) is 9.41. The van der Waals surface area contributed by atoms with Gasteiger partial charge < -0.3 is 15.0 Å². The van der Waals surface area contributed by atoms with Crippen LogP contribution in [0.2, 0.25) is 0 Å². The number of benzene rings is 2. The van der Waals surface area contributed by atoms with Crippen LogP contribution in [0.25, 0.3) is 10.9 Å². The van der Waals surface area contributed by atoms with E-state index in [1.807, 2.05) is 24.3 Å². The largest absolute Gasteiger partial charge is 0.378 e. The fourth-order valence-corrected chi connectivity index (χ4v) is 3.85. The van der Waals surface area contributed by atoms with Crippen LogP contribution in [0.4, 0.5) is 11.4 Å². The molecule has 0 aliphatic carbocycles. The van der Waals surface area contributed by atoms with Crippen molar-refractivity contribution >= 4 is 44.1 Å². The molecular weight excluding hydrogens is 436 g/mol. The van der Waals surface area contributed by atoms with E-state index in [9.17, 15) is 9.59 Å². The number of aryl methyl sites for hydroxylation is 1. The zero-order valence-corrected chi connectivity index (χ0v) is 17.6. The minimum absolute atomic E-state index is 0.0996. The van der Waals surface area contributed by atoms with E-state index in [1.165, 1.54) is 4.57 Å². The highest BCUT2D eigenvalue weighted by Crippen LogP contribution is 2.30. The predicted octanol–water partition coefficient (Wildman–Crippen LogP) is 2.94. The molecule has 4 rings (SSSR count). The maximum Gasteiger partial charge on any atom is 0.261 e. The van der Waals surface area contributed by atoms with Crippen molar-refractivity contribution in [2.75, 3.05) is 36.5 Å². The summed E-state index contributed by atoms with van der Waals surface area (Å²) in [6, 6.07) is 12.9. The number of para-hydroxylation sites is 1. The van der Waals surface area contributed by atoms with Crippen molar-refractivity contribution in [3.8, 4) is 0 Å². The molecule has 1 N–H and O–H groups in total. The summed E-state index contributed by atoms with van der Waals surface area (Å²) in [4.78, 5) is 32.3. The molecule has 0 atom stereocenters. The zero-order valence-electron chi connectivity index (χ0n) is 16.0. The fraction of sp³-hybridized carbons (Fsp3) is 0.286. The van der Waals surface area contributed by atoms with Gasteiger partial charge in [0.25, 0.3) is 5.56 Å². The molecule has 150 valence electrons. The second kappa shape index (κ2) is 8.34. The van der Waals surface area contributed by atoms with Crippen LogP contribution in [0.15, 0.2) is 51.7 Å². The van der Waals surface area contributed by atoms with Gasteiger partial charge in [-0.3, -0.25) is 14.2 Å². The van der Waals surface area contributed by atoms with Gasteiger partial charge in [-0.05, 0) is 37.3 Å². The molecule has 1 aliphatic heterocycles. The molecule has 29 heavy (non-hydrogen) atoms. The second-order valence-electron chi connectivity index (χ2n) is 6.88. The van der Waals surface area contributed by atoms with Gasteiger partial charge in [-0.25, -0.2) is 4.98 Å². The Morgan fingerprint density at radius 3 is 2.76 bits per heavy atom. The third kappa shape index (κ3) is 4.18. The van der Waals surface area contributed by atoms with E-state index < -0.39 is 0 Å². The van der Waals surface area contributed by atoms with Gasteiger partial charge in [-0.2, -0.15) is 0 Å². The number of carbonyl (C=O) groups excluding carboxylic acids is 1. The molecule has 0 radical (unpaired) electrons. The minimum atomic E-state index is -0.278. The number of hydrogen-bond donors (Lipinski definition) is 1.